The van der Waals surface area contributed by atoms with Gasteiger partial charge in [0.2, 0.25) is 0 Å². The van der Waals surface area contributed by atoms with Gasteiger partial charge in [0.05, 0.1) is 11.5 Å². The van der Waals surface area contributed by atoms with Crippen LogP contribution in [0.2, 0.25) is 0 Å². The molecule has 1 fully saturated rings. The van der Waals surface area contributed by atoms with Crippen molar-refractivity contribution in [3.8, 4) is 0 Å². The molecule has 1 saturated heterocycles. The van der Waals surface area contributed by atoms with E-state index in [0.717, 1.165) is 37.0 Å². The molecule has 0 spiro atoms. The van der Waals surface area contributed by atoms with Gasteiger partial charge in [0.1, 0.15) is 17.5 Å². The Morgan fingerprint density at radius 3 is 2.75 bits per heavy atom. The second-order valence-corrected chi connectivity index (χ2v) is 7.21. The van der Waals surface area contributed by atoms with Gasteiger partial charge in [-0.15, -0.1) is 0 Å². The van der Waals surface area contributed by atoms with E-state index in [1.54, 1.807) is 0 Å². The van der Waals surface area contributed by atoms with E-state index in [9.17, 15) is 8.42 Å². The van der Waals surface area contributed by atoms with Crippen LogP contribution in [0, 0.1) is 0 Å². The van der Waals surface area contributed by atoms with Crippen LogP contribution in [0.1, 0.15) is 26.1 Å². The molecule has 0 amide bonds. The maximum atomic E-state index is 11.7. The number of aryl methyl sites for hydroxylation is 1. The Balaban J connectivity index is 2.24. The Morgan fingerprint density at radius 1 is 1.25 bits per heavy atom. The summed E-state index contributed by atoms with van der Waals surface area (Å²) in [5, 5.41) is 3.20. The molecule has 1 aliphatic heterocycles. The summed E-state index contributed by atoms with van der Waals surface area (Å²) in [5.41, 5.74) is 0. The monoisotopic (exact) mass is 298 g/mol. The molecule has 7 heteroatoms. The zero-order chi connectivity index (χ0) is 14.6. The number of nitrogens with zero attached hydrogens (tertiary/aromatic N) is 3. The molecular weight excluding hydrogens is 276 g/mol. The highest BCUT2D eigenvalue weighted by molar-refractivity contribution is 7.91. The maximum Gasteiger partial charge on any atom is 0.152 e. The molecule has 1 aromatic rings. The Kier molecular flexibility index (Phi) is 4.80. The molecule has 0 aliphatic carbocycles. The smallest absolute Gasteiger partial charge is 0.152 e. The number of nitrogens with one attached hydrogen (secondary N) is 1. The summed E-state index contributed by atoms with van der Waals surface area (Å²) in [6, 6.07) is 1.90. The average molecular weight is 298 g/mol. The predicted molar refractivity (Wildman–Crippen MR) is 81.1 cm³/mol. The number of anilines is 2. The van der Waals surface area contributed by atoms with Crippen molar-refractivity contribution in [2.24, 2.45) is 0 Å². The fourth-order valence-electron chi connectivity index (χ4n) is 2.24. The van der Waals surface area contributed by atoms with Gasteiger partial charge in [-0.25, -0.2) is 18.4 Å². The maximum absolute atomic E-state index is 11.7. The molecule has 1 aromatic heterocycles. The average Bonchev–Trinajstić information content (AvgIpc) is 2.59. The highest BCUT2D eigenvalue weighted by atomic mass is 32.2. The molecule has 0 unspecified atom stereocenters. The van der Waals surface area contributed by atoms with Crippen LogP contribution >= 0.6 is 0 Å². The number of sulfone groups is 1. The van der Waals surface area contributed by atoms with Gasteiger partial charge in [-0.3, -0.25) is 0 Å². The second-order valence-electron chi connectivity index (χ2n) is 4.90. The Bertz CT molecular complexity index is 559. The van der Waals surface area contributed by atoms with Gasteiger partial charge in [-0.2, -0.15) is 0 Å². The molecule has 20 heavy (non-hydrogen) atoms. The minimum atomic E-state index is -2.90. The lowest BCUT2D eigenvalue weighted by Gasteiger charge is -2.22. The van der Waals surface area contributed by atoms with Gasteiger partial charge < -0.3 is 10.2 Å². The molecule has 112 valence electrons. The third-order valence-electron chi connectivity index (χ3n) is 3.31. The van der Waals surface area contributed by atoms with Crippen molar-refractivity contribution < 1.29 is 8.42 Å². The van der Waals surface area contributed by atoms with Crippen LogP contribution in [0.15, 0.2) is 6.07 Å². The van der Waals surface area contributed by atoms with Crippen LogP contribution in [0.5, 0.6) is 0 Å². The standard InChI is InChI=1S/C13H22N4O2S/c1-3-11-15-12(14-4-2)10-13(16-11)17-6-5-8-20(18,19)9-7-17/h10H,3-9H2,1-2H3,(H,14,15,16). The van der Waals surface area contributed by atoms with Gasteiger partial charge in [-0.05, 0) is 13.3 Å². The van der Waals surface area contributed by atoms with E-state index in [2.05, 4.69) is 15.3 Å². The Morgan fingerprint density at radius 2 is 2.05 bits per heavy atom. The van der Waals surface area contributed by atoms with Crippen molar-refractivity contribution in [3.63, 3.8) is 0 Å². The van der Waals surface area contributed by atoms with E-state index >= 15 is 0 Å². The lowest BCUT2D eigenvalue weighted by atomic mass is 10.3. The molecule has 2 rings (SSSR count). The molecule has 0 aromatic carbocycles. The van der Waals surface area contributed by atoms with Crippen LogP contribution in [0.25, 0.3) is 0 Å². The number of rotatable bonds is 4. The molecular formula is C13H22N4O2S. The predicted octanol–water partition coefficient (Wildman–Crippen LogP) is 1.10. The molecule has 0 atom stereocenters. The highest BCUT2D eigenvalue weighted by Crippen LogP contribution is 2.18. The summed E-state index contributed by atoms with van der Waals surface area (Å²) in [6.07, 6.45) is 1.42. The lowest BCUT2D eigenvalue weighted by molar-refractivity contribution is 0.597. The van der Waals surface area contributed by atoms with Crippen LogP contribution in [0.3, 0.4) is 0 Å². The van der Waals surface area contributed by atoms with Crippen LogP contribution in [0.4, 0.5) is 11.6 Å². The molecule has 0 radical (unpaired) electrons. The summed E-state index contributed by atoms with van der Waals surface area (Å²) in [4.78, 5) is 11.0. The Hall–Kier alpha value is -1.37. The van der Waals surface area contributed by atoms with Gasteiger partial charge in [0.25, 0.3) is 0 Å². The topological polar surface area (TPSA) is 75.2 Å². The zero-order valence-corrected chi connectivity index (χ0v) is 12.9. The lowest BCUT2D eigenvalue weighted by Crippen LogP contribution is -2.28. The molecule has 6 nitrogen and oxygen atoms in total. The van der Waals surface area contributed by atoms with Gasteiger partial charge in [0.15, 0.2) is 9.84 Å². The van der Waals surface area contributed by atoms with Crippen molar-refractivity contribution in [3.05, 3.63) is 11.9 Å². The quantitative estimate of drug-likeness (QED) is 0.897. The Labute approximate surface area is 120 Å². The van der Waals surface area contributed by atoms with Gasteiger partial charge in [0, 0.05) is 32.1 Å². The SMILES string of the molecule is CCNc1cc(N2CCCS(=O)(=O)CC2)nc(CC)n1. The van der Waals surface area contributed by atoms with Gasteiger partial charge in [-0.1, -0.05) is 6.92 Å². The number of hydrogen-bond donors (Lipinski definition) is 1. The third-order valence-corrected chi connectivity index (χ3v) is 5.03. The normalized spacial score (nSPS) is 18.6. The molecule has 0 saturated carbocycles. The summed E-state index contributed by atoms with van der Waals surface area (Å²) in [5.74, 6) is 2.89. The van der Waals surface area contributed by atoms with Crippen molar-refractivity contribution in [2.45, 2.75) is 26.7 Å². The molecule has 2 heterocycles. The zero-order valence-electron chi connectivity index (χ0n) is 12.1. The van der Waals surface area contributed by atoms with E-state index in [4.69, 9.17) is 0 Å². The van der Waals surface area contributed by atoms with E-state index in [-0.39, 0.29) is 11.5 Å². The molecule has 1 N–H and O–H groups in total. The summed E-state index contributed by atoms with van der Waals surface area (Å²) in [7, 11) is -2.90. The number of aromatic nitrogens is 2. The molecule has 1 aliphatic rings. The fourth-order valence-corrected chi connectivity index (χ4v) is 3.51. The summed E-state index contributed by atoms with van der Waals surface area (Å²) in [6.45, 7) is 6.07. The second kappa shape index (κ2) is 6.39. The first-order valence-corrected chi connectivity index (χ1v) is 8.93. The van der Waals surface area contributed by atoms with E-state index in [0.29, 0.717) is 13.0 Å². The van der Waals surface area contributed by atoms with Crippen molar-refractivity contribution >= 4 is 21.5 Å². The third kappa shape index (κ3) is 3.82. The fraction of sp³-hybridized carbons (Fsp3) is 0.692. The van der Waals surface area contributed by atoms with Crippen LogP contribution in [-0.2, 0) is 16.3 Å². The van der Waals surface area contributed by atoms with Crippen LogP contribution in [-0.4, -0.2) is 49.5 Å². The van der Waals surface area contributed by atoms with E-state index < -0.39 is 9.84 Å². The van der Waals surface area contributed by atoms with E-state index in [1.165, 1.54) is 0 Å². The van der Waals surface area contributed by atoms with Crippen molar-refractivity contribution in [1.82, 2.24) is 9.97 Å². The first-order valence-electron chi connectivity index (χ1n) is 7.11. The van der Waals surface area contributed by atoms with Crippen molar-refractivity contribution in [2.75, 3.05) is 41.4 Å². The number of hydrogen-bond acceptors (Lipinski definition) is 6. The highest BCUT2D eigenvalue weighted by Gasteiger charge is 2.20. The minimum Gasteiger partial charge on any atom is -0.370 e. The molecule has 0 bridgehead atoms. The van der Waals surface area contributed by atoms with Crippen LogP contribution < -0.4 is 10.2 Å². The summed E-state index contributed by atoms with van der Waals surface area (Å²) < 4.78 is 23.3. The first kappa shape index (κ1) is 15.0. The van der Waals surface area contributed by atoms with Crippen molar-refractivity contribution in [1.29, 1.82) is 0 Å². The van der Waals surface area contributed by atoms with Gasteiger partial charge >= 0.3 is 0 Å². The largest absolute Gasteiger partial charge is 0.370 e. The minimum absolute atomic E-state index is 0.203. The summed E-state index contributed by atoms with van der Waals surface area (Å²) >= 11 is 0. The first-order chi connectivity index (χ1) is 9.54. The van der Waals surface area contributed by atoms with E-state index in [1.807, 2.05) is 24.8 Å².